The second-order valence-electron chi connectivity index (χ2n) is 5.29. The first-order valence-corrected chi connectivity index (χ1v) is 8.40. The molecule has 0 aliphatic heterocycles. The summed E-state index contributed by atoms with van der Waals surface area (Å²) in [6.07, 6.45) is 1.65. The van der Waals surface area contributed by atoms with Gasteiger partial charge in [0.25, 0.3) is 0 Å². The number of imidazole rings is 1. The molecule has 0 fully saturated rings. The standard InChI is InChI=1S/C8H15N2.C4HF9O3S/c1-3-4-5-10-7-6-9(2)8-10;5-1(6,3(9,10)11)2(7,8)4(12,13)17(14,15)16/h6-8H,3-5H2,1-2H3;(H,14,15,16)/q+1;/p-1. The van der Waals surface area contributed by atoms with E-state index < -0.39 is 33.4 Å². The molecule has 0 bridgehead atoms. The Morgan fingerprint density at radius 3 is 1.78 bits per heavy atom. The molecule has 1 aromatic heterocycles. The minimum Gasteiger partial charge on any atom is -0.743 e. The van der Waals surface area contributed by atoms with Crippen molar-refractivity contribution in [3.8, 4) is 0 Å². The number of rotatable bonds is 6. The van der Waals surface area contributed by atoms with Crippen molar-refractivity contribution in [1.29, 1.82) is 0 Å². The van der Waals surface area contributed by atoms with Crippen LogP contribution in [0, 0.1) is 0 Å². The van der Waals surface area contributed by atoms with E-state index in [1.165, 1.54) is 12.8 Å². The molecule has 0 amide bonds. The Morgan fingerprint density at radius 1 is 1.00 bits per heavy atom. The van der Waals surface area contributed by atoms with Crippen molar-refractivity contribution in [2.75, 3.05) is 0 Å². The zero-order chi connectivity index (χ0) is 21.9. The van der Waals surface area contributed by atoms with Crippen LogP contribution in [-0.2, 0) is 23.7 Å². The van der Waals surface area contributed by atoms with Crippen molar-refractivity contribution >= 4 is 10.1 Å². The summed E-state index contributed by atoms with van der Waals surface area (Å²) in [5, 5.41) is -7.11. The van der Waals surface area contributed by atoms with Gasteiger partial charge in [0.1, 0.15) is 12.4 Å². The van der Waals surface area contributed by atoms with E-state index in [0.29, 0.717) is 0 Å². The van der Waals surface area contributed by atoms with Gasteiger partial charge in [0.2, 0.25) is 6.33 Å². The Morgan fingerprint density at radius 2 is 1.48 bits per heavy atom. The van der Waals surface area contributed by atoms with Crippen LogP contribution in [0.4, 0.5) is 39.5 Å². The fraction of sp³-hybridized carbons (Fsp3) is 0.750. The van der Waals surface area contributed by atoms with Gasteiger partial charge in [-0.15, -0.1) is 0 Å². The van der Waals surface area contributed by atoms with Gasteiger partial charge in [0, 0.05) is 0 Å². The third kappa shape index (κ3) is 5.49. The molecule has 160 valence electrons. The average molecular weight is 438 g/mol. The predicted octanol–water partition coefficient (Wildman–Crippen LogP) is 3.07. The summed E-state index contributed by atoms with van der Waals surface area (Å²) in [7, 11) is -5.37. The highest BCUT2D eigenvalue weighted by atomic mass is 32.2. The van der Waals surface area contributed by atoms with Crippen LogP contribution in [0.3, 0.4) is 0 Å². The van der Waals surface area contributed by atoms with Crippen molar-refractivity contribution < 1.29 is 57.1 Å². The Balaban J connectivity index is 0.000000569. The van der Waals surface area contributed by atoms with Gasteiger partial charge in [-0.2, -0.15) is 39.5 Å². The lowest BCUT2D eigenvalue weighted by Gasteiger charge is -2.34. The van der Waals surface area contributed by atoms with Gasteiger partial charge < -0.3 is 4.55 Å². The summed E-state index contributed by atoms with van der Waals surface area (Å²) in [6.45, 7) is 3.36. The van der Waals surface area contributed by atoms with E-state index >= 15 is 0 Å². The number of aryl methyl sites for hydroxylation is 2. The Labute approximate surface area is 148 Å². The number of aromatic nitrogens is 2. The fourth-order valence-electron chi connectivity index (χ4n) is 1.49. The van der Waals surface area contributed by atoms with Crippen LogP contribution < -0.4 is 4.57 Å². The first kappa shape index (κ1) is 25.5. The second-order valence-corrected chi connectivity index (χ2v) is 6.71. The summed E-state index contributed by atoms with van der Waals surface area (Å²) < 4.78 is 140. The highest BCUT2D eigenvalue weighted by molar-refractivity contribution is 7.86. The number of nitrogens with zero attached hydrogens (tertiary/aromatic N) is 2. The van der Waals surface area contributed by atoms with E-state index in [1.54, 1.807) is 0 Å². The third-order valence-corrected chi connectivity index (χ3v) is 3.91. The van der Waals surface area contributed by atoms with E-state index in [-0.39, 0.29) is 0 Å². The molecule has 0 saturated carbocycles. The van der Waals surface area contributed by atoms with Crippen molar-refractivity contribution in [2.45, 2.75) is 49.6 Å². The van der Waals surface area contributed by atoms with Crippen molar-refractivity contribution in [1.82, 2.24) is 4.57 Å². The molecule has 1 aromatic rings. The van der Waals surface area contributed by atoms with Gasteiger partial charge in [-0.25, -0.2) is 17.6 Å². The number of halogens is 9. The Kier molecular flexibility index (Phi) is 7.78. The van der Waals surface area contributed by atoms with E-state index in [9.17, 15) is 52.5 Å². The first-order valence-electron chi connectivity index (χ1n) is 6.99. The molecule has 0 aliphatic carbocycles. The normalized spacial score (nSPS) is 13.9. The zero-order valence-corrected chi connectivity index (χ0v) is 14.6. The molecule has 1 rings (SSSR count). The SMILES string of the molecule is CCCCn1cc[n+](C)c1.O=S(=O)([O-])C(F)(F)C(F)(F)C(F)(F)C(F)(F)F. The molecule has 15 heteroatoms. The quantitative estimate of drug-likeness (QED) is 0.390. The van der Waals surface area contributed by atoms with Gasteiger partial charge in [0.05, 0.1) is 13.6 Å². The molecular formula is C12H15F9N2O3S. The molecule has 0 radical (unpaired) electrons. The summed E-state index contributed by atoms with van der Waals surface area (Å²) in [5.74, 6) is -14.8. The number of alkyl halides is 9. The van der Waals surface area contributed by atoms with Crippen molar-refractivity contribution in [3.63, 3.8) is 0 Å². The number of hydrogen-bond acceptors (Lipinski definition) is 3. The van der Waals surface area contributed by atoms with Crippen LogP contribution in [0.25, 0.3) is 0 Å². The molecule has 0 unspecified atom stereocenters. The van der Waals surface area contributed by atoms with Crippen LogP contribution in [0.5, 0.6) is 0 Å². The lowest BCUT2D eigenvalue weighted by Crippen LogP contribution is -2.63. The number of hydrogen-bond donors (Lipinski definition) is 0. The maximum Gasteiger partial charge on any atom is 0.460 e. The van der Waals surface area contributed by atoms with Crippen molar-refractivity contribution in [2.24, 2.45) is 7.05 Å². The molecule has 5 nitrogen and oxygen atoms in total. The van der Waals surface area contributed by atoms with Gasteiger partial charge in [-0.05, 0) is 6.42 Å². The smallest absolute Gasteiger partial charge is 0.460 e. The maximum atomic E-state index is 12.2. The lowest BCUT2D eigenvalue weighted by molar-refractivity contribution is -0.671. The van der Waals surface area contributed by atoms with Crippen LogP contribution in [0.15, 0.2) is 18.7 Å². The molecule has 0 saturated heterocycles. The monoisotopic (exact) mass is 438 g/mol. The summed E-state index contributed by atoms with van der Waals surface area (Å²) >= 11 is 0. The minimum absolute atomic E-state index is 1.15. The van der Waals surface area contributed by atoms with Crippen LogP contribution in [0.1, 0.15) is 19.8 Å². The molecule has 1 heterocycles. The number of unbranched alkanes of at least 4 members (excludes halogenated alkanes) is 1. The molecule has 0 atom stereocenters. The average Bonchev–Trinajstić information content (AvgIpc) is 2.88. The highest BCUT2D eigenvalue weighted by Gasteiger charge is 2.83. The molecule has 0 aromatic carbocycles. The van der Waals surface area contributed by atoms with Crippen LogP contribution in [-0.4, -0.2) is 40.8 Å². The maximum absolute atomic E-state index is 12.2. The summed E-state index contributed by atoms with van der Waals surface area (Å²) in [5.41, 5.74) is 0. The lowest BCUT2D eigenvalue weighted by atomic mass is 10.1. The van der Waals surface area contributed by atoms with Gasteiger partial charge in [-0.1, -0.05) is 13.3 Å². The molecule has 27 heavy (non-hydrogen) atoms. The van der Waals surface area contributed by atoms with E-state index in [1.807, 2.05) is 7.05 Å². The third-order valence-electron chi connectivity index (χ3n) is 3.02. The van der Waals surface area contributed by atoms with Crippen LogP contribution in [0.2, 0.25) is 0 Å². The minimum atomic E-state index is -7.43. The van der Waals surface area contributed by atoms with E-state index in [2.05, 4.69) is 34.8 Å². The van der Waals surface area contributed by atoms with Crippen LogP contribution >= 0.6 is 0 Å². The molecule has 0 spiro atoms. The second kappa shape index (κ2) is 8.24. The Hall–Kier alpha value is -1.51. The molecule has 0 aliphatic rings. The topological polar surface area (TPSA) is 66.0 Å². The first-order chi connectivity index (χ1) is 11.8. The summed E-state index contributed by atoms with van der Waals surface area (Å²) in [4.78, 5) is 0. The van der Waals surface area contributed by atoms with Gasteiger partial charge in [0.15, 0.2) is 10.1 Å². The predicted molar refractivity (Wildman–Crippen MR) is 71.1 cm³/mol. The van der Waals surface area contributed by atoms with E-state index in [4.69, 9.17) is 0 Å². The van der Waals surface area contributed by atoms with Gasteiger partial charge in [-0.3, -0.25) is 0 Å². The highest BCUT2D eigenvalue weighted by Crippen LogP contribution is 2.54. The molecular weight excluding hydrogens is 423 g/mol. The van der Waals surface area contributed by atoms with Crippen molar-refractivity contribution in [3.05, 3.63) is 18.7 Å². The van der Waals surface area contributed by atoms with Gasteiger partial charge >= 0.3 is 23.3 Å². The van der Waals surface area contributed by atoms with E-state index in [0.717, 1.165) is 6.54 Å². The molecule has 0 N–H and O–H groups in total. The Bertz CT molecular complexity index is 714. The zero-order valence-electron chi connectivity index (χ0n) is 13.8. The largest absolute Gasteiger partial charge is 0.743 e. The fourth-order valence-corrected chi connectivity index (χ4v) is 1.93. The summed E-state index contributed by atoms with van der Waals surface area (Å²) in [6, 6.07) is 0.